The lowest BCUT2D eigenvalue weighted by Crippen LogP contribution is -2.14. The third-order valence-electron chi connectivity index (χ3n) is 1.67. The Labute approximate surface area is 94.7 Å². The van der Waals surface area contributed by atoms with E-state index in [1.54, 1.807) is 20.9 Å². The molecule has 0 aromatic carbocycles. The molecule has 0 radical (unpaired) electrons. The van der Waals surface area contributed by atoms with Crippen molar-refractivity contribution in [3.8, 4) is 0 Å². The van der Waals surface area contributed by atoms with Gasteiger partial charge in [-0.05, 0) is 26.6 Å². The van der Waals surface area contributed by atoms with Crippen molar-refractivity contribution in [2.75, 3.05) is 13.7 Å². The predicted molar refractivity (Wildman–Crippen MR) is 61.9 cm³/mol. The molecule has 0 atom stereocenters. The molecule has 1 N–H and O–H groups in total. The van der Waals surface area contributed by atoms with Crippen molar-refractivity contribution in [3.63, 3.8) is 0 Å². The van der Waals surface area contributed by atoms with Gasteiger partial charge in [-0.1, -0.05) is 11.6 Å². The van der Waals surface area contributed by atoms with Crippen LogP contribution in [0.2, 0.25) is 0 Å². The van der Waals surface area contributed by atoms with Gasteiger partial charge in [0, 0.05) is 12.7 Å². The molecule has 0 amide bonds. The van der Waals surface area contributed by atoms with Crippen LogP contribution in [0.5, 0.6) is 0 Å². The topological polar surface area (TPSA) is 50.7 Å². The minimum atomic E-state index is -0.383. The summed E-state index contributed by atoms with van der Waals surface area (Å²) < 4.78 is 4.85. The Morgan fingerprint density at radius 3 is 2.67 bits per heavy atom. The van der Waals surface area contributed by atoms with Crippen molar-refractivity contribution in [1.82, 2.24) is 5.32 Å². The number of nitrogens with zero attached hydrogens (tertiary/aromatic N) is 1. The largest absolute Gasteiger partial charge is 0.463 e. The highest BCUT2D eigenvalue weighted by Gasteiger charge is 2.09. The van der Waals surface area contributed by atoms with Crippen LogP contribution in [0.25, 0.3) is 0 Å². The van der Waals surface area contributed by atoms with Gasteiger partial charge in [0.1, 0.15) is 5.16 Å². The number of nitrogens with one attached hydrogen (secondary N) is 1. The summed E-state index contributed by atoms with van der Waals surface area (Å²) >= 11 is 5.67. The first-order valence-corrected chi connectivity index (χ1v) is 4.84. The van der Waals surface area contributed by atoms with E-state index in [2.05, 4.69) is 17.0 Å². The highest BCUT2D eigenvalue weighted by Crippen LogP contribution is 2.10. The number of allylic oxidation sites excluding steroid dienone is 1. The Kier molecular flexibility index (Phi) is 6.45. The van der Waals surface area contributed by atoms with E-state index in [1.165, 1.54) is 6.08 Å². The van der Waals surface area contributed by atoms with Crippen molar-refractivity contribution in [3.05, 3.63) is 22.5 Å². The fourth-order valence-electron chi connectivity index (χ4n) is 0.882. The Morgan fingerprint density at radius 2 is 2.27 bits per heavy atom. The van der Waals surface area contributed by atoms with Crippen LogP contribution in [-0.2, 0) is 9.53 Å². The molecule has 5 heteroatoms. The summed E-state index contributed by atoms with van der Waals surface area (Å²) in [7, 11) is 1.68. The number of esters is 1. The average molecular weight is 231 g/mol. The van der Waals surface area contributed by atoms with Gasteiger partial charge in [-0.2, -0.15) is 0 Å². The van der Waals surface area contributed by atoms with Gasteiger partial charge in [0.25, 0.3) is 0 Å². The normalized spacial score (nSPS) is 12.9. The van der Waals surface area contributed by atoms with Crippen molar-refractivity contribution < 1.29 is 9.53 Å². The molecule has 84 valence electrons. The van der Waals surface area contributed by atoms with E-state index < -0.39 is 0 Å². The molecular formula is C10H15ClN2O2. The highest BCUT2D eigenvalue weighted by molar-refractivity contribution is 6.29. The summed E-state index contributed by atoms with van der Waals surface area (Å²) in [6, 6.07) is 0. The molecule has 0 saturated carbocycles. The van der Waals surface area contributed by atoms with E-state index in [0.717, 1.165) is 0 Å². The van der Waals surface area contributed by atoms with Crippen LogP contribution in [0.4, 0.5) is 0 Å². The highest BCUT2D eigenvalue weighted by atomic mass is 35.5. The van der Waals surface area contributed by atoms with E-state index in [4.69, 9.17) is 16.3 Å². The molecule has 0 rings (SSSR count). The Bertz CT molecular complexity index is 309. The first-order valence-electron chi connectivity index (χ1n) is 4.46. The van der Waals surface area contributed by atoms with Crippen LogP contribution in [0.15, 0.2) is 27.5 Å². The minimum Gasteiger partial charge on any atom is -0.463 e. The zero-order valence-electron chi connectivity index (χ0n) is 9.13. The third-order valence-corrected chi connectivity index (χ3v) is 1.90. The van der Waals surface area contributed by atoms with Crippen molar-refractivity contribution in [2.24, 2.45) is 4.99 Å². The van der Waals surface area contributed by atoms with Gasteiger partial charge in [0.2, 0.25) is 0 Å². The predicted octanol–water partition coefficient (Wildman–Crippen LogP) is 1.82. The maximum atomic E-state index is 11.4. The molecular weight excluding hydrogens is 216 g/mol. The first kappa shape index (κ1) is 13.7. The van der Waals surface area contributed by atoms with E-state index in [-0.39, 0.29) is 11.1 Å². The summed E-state index contributed by atoms with van der Waals surface area (Å²) in [6.45, 7) is 7.00. The fourth-order valence-corrected chi connectivity index (χ4v) is 0.991. The zero-order chi connectivity index (χ0) is 11.8. The third kappa shape index (κ3) is 4.65. The van der Waals surface area contributed by atoms with Crippen LogP contribution >= 0.6 is 11.6 Å². The maximum absolute atomic E-state index is 11.4. The molecule has 0 aliphatic carbocycles. The molecule has 0 aliphatic heterocycles. The molecule has 15 heavy (non-hydrogen) atoms. The summed E-state index contributed by atoms with van der Waals surface area (Å²) in [5.41, 5.74) is 1.01. The Morgan fingerprint density at radius 1 is 1.67 bits per heavy atom. The Balaban J connectivity index is 4.97. The van der Waals surface area contributed by atoms with Gasteiger partial charge in [-0.3, -0.25) is 4.99 Å². The molecule has 0 aromatic heterocycles. The summed E-state index contributed by atoms with van der Waals surface area (Å²) in [5, 5.41) is 3.05. The lowest BCUT2D eigenvalue weighted by molar-refractivity contribution is -0.138. The molecule has 0 fully saturated rings. The van der Waals surface area contributed by atoms with E-state index in [9.17, 15) is 4.79 Å². The molecule has 0 aliphatic rings. The summed E-state index contributed by atoms with van der Waals surface area (Å²) in [4.78, 5) is 14.9. The van der Waals surface area contributed by atoms with Crippen molar-refractivity contribution in [2.45, 2.75) is 13.8 Å². The lowest BCUT2D eigenvalue weighted by Gasteiger charge is -2.07. The molecule has 4 nitrogen and oxygen atoms in total. The van der Waals surface area contributed by atoms with Gasteiger partial charge in [0.15, 0.2) is 0 Å². The van der Waals surface area contributed by atoms with Gasteiger partial charge in [0.05, 0.1) is 12.2 Å². The second kappa shape index (κ2) is 7.06. The lowest BCUT2D eigenvalue weighted by atomic mass is 10.2. The smallest absolute Gasteiger partial charge is 0.335 e. The van der Waals surface area contributed by atoms with Crippen LogP contribution in [0.3, 0.4) is 0 Å². The van der Waals surface area contributed by atoms with E-state index >= 15 is 0 Å². The van der Waals surface area contributed by atoms with Crippen LogP contribution in [0.1, 0.15) is 13.8 Å². The minimum absolute atomic E-state index is 0.211. The maximum Gasteiger partial charge on any atom is 0.335 e. The van der Waals surface area contributed by atoms with Gasteiger partial charge in [-0.25, -0.2) is 4.79 Å². The van der Waals surface area contributed by atoms with E-state index in [0.29, 0.717) is 17.9 Å². The number of likely N-dealkylation sites (N-methyl/N-ethyl adjacent to an activating group) is 1. The number of carbonyl (C=O) groups is 1. The summed E-state index contributed by atoms with van der Waals surface area (Å²) in [6.07, 6.45) is 1.51. The molecule has 0 unspecified atom stereocenters. The first-order chi connectivity index (χ1) is 7.06. The van der Waals surface area contributed by atoms with Crippen LogP contribution in [-0.4, -0.2) is 26.3 Å². The number of aliphatic imine (C=N–C) groups is 1. The molecule has 0 aromatic rings. The van der Waals surface area contributed by atoms with Crippen LogP contribution < -0.4 is 5.32 Å². The molecule has 0 bridgehead atoms. The number of hydrogen-bond donors (Lipinski definition) is 1. The average Bonchev–Trinajstić information content (AvgIpc) is 2.24. The molecule has 0 heterocycles. The van der Waals surface area contributed by atoms with Crippen molar-refractivity contribution in [1.29, 1.82) is 0 Å². The number of carbonyl (C=O) groups excluding carboxylic acids is 1. The SMILES string of the molecule is C=N/C(Cl)=C\C(NC)=C(/C)C(=O)OCC. The number of rotatable bonds is 5. The summed E-state index contributed by atoms with van der Waals surface area (Å²) in [5.74, 6) is -0.383. The van der Waals surface area contributed by atoms with Gasteiger partial charge >= 0.3 is 5.97 Å². The second-order valence-corrected chi connectivity index (χ2v) is 3.02. The zero-order valence-corrected chi connectivity index (χ0v) is 9.89. The molecule has 0 saturated heterocycles. The van der Waals surface area contributed by atoms with Crippen molar-refractivity contribution >= 4 is 24.3 Å². The monoisotopic (exact) mass is 230 g/mol. The quantitative estimate of drug-likeness (QED) is 0.258. The van der Waals surface area contributed by atoms with Gasteiger partial charge in [-0.15, -0.1) is 0 Å². The van der Waals surface area contributed by atoms with E-state index in [1.807, 2.05) is 0 Å². The van der Waals surface area contributed by atoms with Crippen LogP contribution in [0, 0.1) is 0 Å². The number of hydrogen-bond acceptors (Lipinski definition) is 4. The number of ether oxygens (including phenoxy) is 1. The van der Waals surface area contributed by atoms with Gasteiger partial charge < -0.3 is 10.1 Å². The Hall–Kier alpha value is -1.29. The molecule has 0 spiro atoms. The fraction of sp³-hybridized carbons (Fsp3) is 0.400. The standard InChI is InChI=1S/C10H15ClN2O2/c1-5-15-10(14)7(2)8(12-3)6-9(11)13-4/h6,12H,4-5H2,1-3H3/b8-7-,9-6-. The second-order valence-electron chi connectivity index (χ2n) is 2.63. The number of halogens is 1.